The fourth-order valence-electron chi connectivity index (χ4n) is 4.52. The minimum atomic E-state index is 0.239. The fourth-order valence-corrected chi connectivity index (χ4v) is 4.52. The average Bonchev–Trinajstić information content (AvgIpc) is 3.29. The fraction of sp³-hybridized carbons (Fsp3) is 0.708. The third-order valence-corrected chi connectivity index (χ3v) is 6.50. The molecule has 1 unspecified atom stereocenters. The molecule has 1 aromatic carbocycles. The van der Waals surface area contributed by atoms with Gasteiger partial charge in [-0.25, -0.2) is 0 Å². The number of benzene rings is 1. The number of hydrogen-bond acceptors (Lipinski definition) is 3. The maximum absolute atomic E-state index is 4.88. The van der Waals surface area contributed by atoms with Gasteiger partial charge in [0.2, 0.25) is 0 Å². The Morgan fingerprint density at radius 1 is 1.14 bits per heavy atom. The van der Waals surface area contributed by atoms with E-state index in [4.69, 9.17) is 4.99 Å². The Morgan fingerprint density at radius 3 is 2.59 bits per heavy atom. The molecule has 162 valence electrons. The zero-order valence-electron chi connectivity index (χ0n) is 18.8. The van der Waals surface area contributed by atoms with Crippen molar-refractivity contribution in [1.29, 1.82) is 0 Å². The summed E-state index contributed by atoms with van der Waals surface area (Å²) in [5, 5.41) is 7.05. The largest absolute Gasteiger partial charge is 0.372 e. The normalized spacial score (nSPS) is 20.1. The Hall–Kier alpha value is -1.75. The Kier molecular flexibility index (Phi) is 8.66. The van der Waals surface area contributed by atoms with Gasteiger partial charge in [-0.1, -0.05) is 19.1 Å². The highest BCUT2D eigenvalue weighted by Gasteiger charge is 2.18. The second-order valence-electron chi connectivity index (χ2n) is 8.58. The van der Waals surface area contributed by atoms with Crippen LogP contribution in [0.5, 0.6) is 0 Å². The van der Waals surface area contributed by atoms with Crippen LogP contribution in [0.3, 0.4) is 0 Å². The Morgan fingerprint density at radius 2 is 1.90 bits per heavy atom. The molecule has 2 fully saturated rings. The van der Waals surface area contributed by atoms with E-state index in [1.165, 1.54) is 76.1 Å². The molecular formula is C24H41N5. The van der Waals surface area contributed by atoms with E-state index in [0.717, 1.165) is 25.0 Å². The van der Waals surface area contributed by atoms with E-state index in [1.807, 2.05) is 0 Å². The van der Waals surface area contributed by atoms with Gasteiger partial charge in [0.05, 0.1) is 6.04 Å². The van der Waals surface area contributed by atoms with E-state index < -0.39 is 0 Å². The molecule has 1 atom stereocenters. The van der Waals surface area contributed by atoms with Gasteiger partial charge in [-0.15, -0.1) is 0 Å². The number of piperidine rings is 1. The number of aliphatic imine (C=N–C) groups is 1. The van der Waals surface area contributed by atoms with Gasteiger partial charge >= 0.3 is 0 Å². The second kappa shape index (κ2) is 11.4. The molecule has 0 aromatic heterocycles. The first-order valence-electron chi connectivity index (χ1n) is 11.8. The lowest BCUT2D eigenvalue weighted by atomic mass is 9.94. The quantitative estimate of drug-likeness (QED) is 0.512. The van der Waals surface area contributed by atoms with Crippen LogP contribution in [0.2, 0.25) is 0 Å². The summed E-state index contributed by atoms with van der Waals surface area (Å²) in [4.78, 5) is 9.94. The van der Waals surface area contributed by atoms with E-state index in [2.05, 4.69) is 65.5 Å². The highest BCUT2D eigenvalue weighted by atomic mass is 15.2. The van der Waals surface area contributed by atoms with E-state index >= 15 is 0 Å². The first kappa shape index (κ1) is 21.9. The first-order valence-corrected chi connectivity index (χ1v) is 11.8. The maximum Gasteiger partial charge on any atom is 0.191 e. The van der Waals surface area contributed by atoms with Crippen LogP contribution < -0.4 is 15.5 Å². The molecule has 1 aromatic rings. The predicted molar refractivity (Wildman–Crippen MR) is 125 cm³/mol. The SMILES string of the molecule is CCNC(=NCCC1CCN(CC)CC1)NC(C)c1cccc(N2CCCC2)c1. The summed E-state index contributed by atoms with van der Waals surface area (Å²) in [6.45, 7) is 14.5. The van der Waals surface area contributed by atoms with Crippen molar-refractivity contribution in [1.82, 2.24) is 15.5 Å². The van der Waals surface area contributed by atoms with Gasteiger partial charge < -0.3 is 20.4 Å². The predicted octanol–water partition coefficient (Wildman–Crippen LogP) is 4.02. The van der Waals surface area contributed by atoms with E-state index in [0.29, 0.717) is 0 Å². The number of hydrogen-bond donors (Lipinski definition) is 2. The molecule has 0 radical (unpaired) electrons. The third kappa shape index (κ3) is 6.63. The van der Waals surface area contributed by atoms with E-state index in [1.54, 1.807) is 0 Å². The lowest BCUT2D eigenvalue weighted by Gasteiger charge is -2.30. The van der Waals surface area contributed by atoms with Crippen LogP contribution in [0.15, 0.2) is 29.3 Å². The molecule has 0 saturated carbocycles. The Balaban J connectivity index is 1.52. The van der Waals surface area contributed by atoms with Gasteiger partial charge in [0.25, 0.3) is 0 Å². The van der Waals surface area contributed by atoms with Crippen molar-refractivity contribution < 1.29 is 0 Å². The molecule has 5 nitrogen and oxygen atoms in total. The molecule has 2 aliphatic heterocycles. The molecule has 0 spiro atoms. The van der Waals surface area contributed by atoms with Crippen LogP contribution in [-0.4, -0.2) is 56.7 Å². The van der Waals surface area contributed by atoms with Crippen molar-refractivity contribution in [3.05, 3.63) is 29.8 Å². The van der Waals surface area contributed by atoms with Crippen LogP contribution in [0.25, 0.3) is 0 Å². The molecule has 0 amide bonds. The molecule has 2 heterocycles. The highest BCUT2D eigenvalue weighted by molar-refractivity contribution is 5.80. The molecule has 0 aliphatic carbocycles. The molecule has 2 N–H and O–H groups in total. The van der Waals surface area contributed by atoms with Gasteiger partial charge in [0.15, 0.2) is 5.96 Å². The first-order chi connectivity index (χ1) is 14.2. The number of likely N-dealkylation sites (tertiary alicyclic amines) is 1. The summed E-state index contributed by atoms with van der Waals surface area (Å²) in [6.07, 6.45) is 6.48. The van der Waals surface area contributed by atoms with Crippen LogP contribution in [-0.2, 0) is 0 Å². The standard InChI is InChI=1S/C24H41N5/c1-4-25-24(26-14-11-21-12-17-28(5-2)18-13-21)27-20(3)22-9-8-10-23(19-22)29-15-6-7-16-29/h8-10,19-21H,4-7,11-18H2,1-3H3,(H2,25,26,27). The van der Waals surface area contributed by atoms with Gasteiger partial charge in [0.1, 0.15) is 0 Å². The Labute approximate surface area is 178 Å². The molecule has 2 saturated heterocycles. The van der Waals surface area contributed by atoms with Crippen molar-refractivity contribution in [2.24, 2.45) is 10.9 Å². The van der Waals surface area contributed by atoms with Crippen molar-refractivity contribution in [3.8, 4) is 0 Å². The van der Waals surface area contributed by atoms with Crippen LogP contribution >= 0.6 is 0 Å². The second-order valence-corrected chi connectivity index (χ2v) is 8.58. The topological polar surface area (TPSA) is 42.9 Å². The summed E-state index contributed by atoms with van der Waals surface area (Å²) < 4.78 is 0. The zero-order chi connectivity index (χ0) is 20.5. The summed E-state index contributed by atoms with van der Waals surface area (Å²) in [7, 11) is 0. The lowest BCUT2D eigenvalue weighted by Crippen LogP contribution is -2.39. The summed E-state index contributed by atoms with van der Waals surface area (Å²) in [5.41, 5.74) is 2.68. The van der Waals surface area contributed by atoms with Crippen molar-refractivity contribution in [3.63, 3.8) is 0 Å². The van der Waals surface area contributed by atoms with Gasteiger partial charge in [0, 0.05) is 31.9 Å². The van der Waals surface area contributed by atoms with Crippen molar-refractivity contribution in [2.75, 3.05) is 50.7 Å². The molecular weight excluding hydrogens is 358 g/mol. The molecule has 3 rings (SSSR count). The average molecular weight is 400 g/mol. The molecule has 2 aliphatic rings. The third-order valence-electron chi connectivity index (χ3n) is 6.50. The number of anilines is 1. The Bertz CT molecular complexity index is 630. The number of nitrogens with zero attached hydrogens (tertiary/aromatic N) is 3. The van der Waals surface area contributed by atoms with Crippen molar-refractivity contribution in [2.45, 2.75) is 58.9 Å². The van der Waals surface area contributed by atoms with Crippen LogP contribution in [0, 0.1) is 5.92 Å². The monoisotopic (exact) mass is 399 g/mol. The van der Waals surface area contributed by atoms with Gasteiger partial charge in [-0.05, 0) is 89.2 Å². The minimum Gasteiger partial charge on any atom is -0.372 e. The van der Waals surface area contributed by atoms with Gasteiger partial charge in [-0.3, -0.25) is 4.99 Å². The smallest absolute Gasteiger partial charge is 0.191 e. The van der Waals surface area contributed by atoms with Crippen LogP contribution in [0.4, 0.5) is 5.69 Å². The maximum atomic E-state index is 4.88. The number of nitrogens with one attached hydrogen (secondary N) is 2. The van der Waals surface area contributed by atoms with E-state index in [9.17, 15) is 0 Å². The minimum absolute atomic E-state index is 0.239. The summed E-state index contributed by atoms with van der Waals surface area (Å²) in [5.74, 6) is 1.77. The van der Waals surface area contributed by atoms with Crippen LogP contribution in [0.1, 0.15) is 64.5 Å². The molecule has 29 heavy (non-hydrogen) atoms. The van der Waals surface area contributed by atoms with Crippen molar-refractivity contribution >= 4 is 11.6 Å². The highest BCUT2D eigenvalue weighted by Crippen LogP contribution is 2.24. The van der Waals surface area contributed by atoms with Gasteiger partial charge in [-0.2, -0.15) is 0 Å². The summed E-state index contributed by atoms with van der Waals surface area (Å²) in [6, 6.07) is 9.23. The summed E-state index contributed by atoms with van der Waals surface area (Å²) >= 11 is 0. The molecule has 0 bridgehead atoms. The zero-order valence-corrected chi connectivity index (χ0v) is 18.8. The van der Waals surface area contributed by atoms with E-state index in [-0.39, 0.29) is 6.04 Å². The lowest BCUT2D eigenvalue weighted by molar-refractivity contribution is 0.188. The number of guanidine groups is 1. The molecule has 5 heteroatoms. The number of rotatable bonds is 8.